The van der Waals surface area contributed by atoms with Crippen molar-refractivity contribution in [1.29, 1.82) is 0 Å². The number of carbonyl (C=O) groups is 1. The van der Waals surface area contributed by atoms with Gasteiger partial charge >= 0.3 is 11.7 Å². The van der Waals surface area contributed by atoms with Crippen LogP contribution in [0.3, 0.4) is 0 Å². The monoisotopic (exact) mass is 467 g/mol. The van der Waals surface area contributed by atoms with Crippen molar-refractivity contribution >= 4 is 34.8 Å². The van der Waals surface area contributed by atoms with E-state index < -0.39 is 5.97 Å². The molecular formula is C22H21N5O5S. The quantitative estimate of drug-likeness (QED) is 0.314. The maximum atomic E-state index is 12.1. The Morgan fingerprint density at radius 3 is 2.36 bits per heavy atom. The molecule has 2 aromatic carbocycles. The zero-order valence-electron chi connectivity index (χ0n) is 18.3. The number of methoxy groups -OCH3 is 2. The van der Waals surface area contributed by atoms with Gasteiger partial charge in [-0.2, -0.15) is 0 Å². The number of carboxylic acids is 1. The Balaban J connectivity index is 1.65. The molecule has 0 saturated heterocycles. The largest absolute Gasteiger partial charge is 0.497 e. The van der Waals surface area contributed by atoms with Gasteiger partial charge in [0.05, 0.1) is 25.3 Å². The standard InChI is InChI=1S/C22H21N5O5S/c1-26-16-6-5-12(7-17(16)27(2)22(26)30)8-18(20(28)29)33-21-23-19(24-25-21)13-9-14(31-3)11-15(10-13)32-4/h5-11H,1-4H3,(H,28,29)(H,23,24,25)/b18-8-. The second-order valence-electron chi connectivity index (χ2n) is 7.13. The number of aliphatic carboxylic acids is 1. The molecule has 0 saturated carbocycles. The normalized spacial score (nSPS) is 11.7. The summed E-state index contributed by atoms with van der Waals surface area (Å²) < 4.78 is 13.6. The minimum Gasteiger partial charge on any atom is -0.497 e. The first-order valence-corrected chi connectivity index (χ1v) is 10.6. The van der Waals surface area contributed by atoms with Crippen molar-refractivity contribution < 1.29 is 19.4 Å². The van der Waals surface area contributed by atoms with E-state index in [9.17, 15) is 14.7 Å². The maximum absolute atomic E-state index is 12.1. The smallest absolute Gasteiger partial charge is 0.342 e. The molecule has 0 aliphatic carbocycles. The van der Waals surface area contributed by atoms with Crippen molar-refractivity contribution in [3.63, 3.8) is 0 Å². The number of nitrogens with zero attached hydrogens (tertiary/aromatic N) is 4. The number of ether oxygens (including phenoxy) is 2. The summed E-state index contributed by atoms with van der Waals surface area (Å²) in [6, 6.07) is 10.6. The summed E-state index contributed by atoms with van der Waals surface area (Å²) in [4.78, 5) is 28.5. The molecule has 2 aromatic heterocycles. The van der Waals surface area contributed by atoms with Crippen LogP contribution in [0.4, 0.5) is 0 Å². The number of aromatic amines is 1. The third kappa shape index (κ3) is 4.35. The van der Waals surface area contributed by atoms with Crippen LogP contribution in [0.2, 0.25) is 0 Å². The number of hydrogen-bond donors (Lipinski definition) is 2. The average molecular weight is 468 g/mol. The van der Waals surface area contributed by atoms with Crippen LogP contribution in [0.25, 0.3) is 28.5 Å². The lowest BCUT2D eigenvalue weighted by Crippen LogP contribution is -2.19. The summed E-state index contributed by atoms with van der Waals surface area (Å²) in [7, 11) is 6.47. The first kappa shape index (κ1) is 22.2. The molecule has 4 aromatic rings. The number of aryl methyl sites for hydroxylation is 2. The number of benzene rings is 2. The lowest BCUT2D eigenvalue weighted by molar-refractivity contribution is -0.131. The number of nitrogens with one attached hydrogen (secondary N) is 1. The maximum Gasteiger partial charge on any atom is 0.342 e. The first-order valence-electron chi connectivity index (χ1n) is 9.75. The van der Waals surface area contributed by atoms with E-state index in [0.29, 0.717) is 34.0 Å². The Morgan fingerprint density at radius 1 is 1.06 bits per heavy atom. The second kappa shape index (κ2) is 8.87. The second-order valence-corrected chi connectivity index (χ2v) is 8.14. The summed E-state index contributed by atoms with van der Waals surface area (Å²) in [5.74, 6) is 0.509. The number of thioether (sulfide) groups is 1. The zero-order chi connectivity index (χ0) is 23.7. The molecule has 11 heteroatoms. The molecule has 0 aliphatic heterocycles. The van der Waals surface area contributed by atoms with Crippen LogP contribution in [0.1, 0.15) is 5.56 Å². The fourth-order valence-electron chi connectivity index (χ4n) is 3.36. The molecule has 0 spiro atoms. The third-order valence-electron chi connectivity index (χ3n) is 5.10. The van der Waals surface area contributed by atoms with Crippen LogP contribution in [0.15, 0.2) is 51.3 Å². The van der Waals surface area contributed by atoms with Gasteiger partial charge in [0.1, 0.15) is 16.4 Å². The van der Waals surface area contributed by atoms with Crippen LogP contribution in [-0.2, 0) is 18.9 Å². The lowest BCUT2D eigenvalue weighted by atomic mass is 10.2. The van der Waals surface area contributed by atoms with Crippen molar-refractivity contribution in [2.24, 2.45) is 14.1 Å². The fourth-order valence-corrected chi connectivity index (χ4v) is 4.07. The Bertz CT molecular complexity index is 1430. The van der Waals surface area contributed by atoms with Gasteiger partial charge in [-0.15, -0.1) is 5.10 Å². The molecule has 2 heterocycles. The van der Waals surface area contributed by atoms with Crippen LogP contribution in [0, 0.1) is 0 Å². The van der Waals surface area contributed by atoms with Crippen LogP contribution >= 0.6 is 11.8 Å². The third-order valence-corrected chi connectivity index (χ3v) is 5.97. The molecule has 0 atom stereocenters. The fraction of sp³-hybridized carbons (Fsp3) is 0.182. The van der Waals surface area contributed by atoms with E-state index in [1.807, 2.05) is 0 Å². The van der Waals surface area contributed by atoms with Gasteiger partial charge in [-0.25, -0.2) is 14.6 Å². The highest BCUT2D eigenvalue weighted by molar-refractivity contribution is 8.04. The van der Waals surface area contributed by atoms with Crippen molar-refractivity contribution in [1.82, 2.24) is 24.3 Å². The number of carboxylic acid groups (broad SMARTS) is 1. The van der Waals surface area contributed by atoms with Gasteiger partial charge < -0.3 is 14.6 Å². The number of H-pyrrole nitrogens is 1. The molecular weight excluding hydrogens is 446 g/mol. The van der Waals surface area contributed by atoms with Crippen molar-refractivity contribution in [2.75, 3.05) is 14.2 Å². The first-order chi connectivity index (χ1) is 15.8. The molecule has 10 nitrogen and oxygen atoms in total. The molecule has 0 amide bonds. The summed E-state index contributed by atoms with van der Waals surface area (Å²) in [6.45, 7) is 0. The summed E-state index contributed by atoms with van der Waals surface area (Å²) >= 11 is 0.917. The average Bonchev–Trinajstić information content (AvgIpc) is 3.37. The van der Waals surface area contributed by atoms with Crippen molar-refractivity contribution in [3.8, 4) is 22.9 Å². The number of fused-ring (bicyclic) bond motifs is 1. The molecule has 4 rings (SSSR count). The molecule has 0 radical (unpaired) electrons. The molecule has 170 valence electrons. The molecule has 0 unspecified atom stereocenters. The number of rotatable bonds is 7. The van der Waals surface area contributed by atoms with Gasteiger partial charge in [-0.05, 0) is 47.7 Å². The summed E-state index contributed by atoms with van der Waals surface area (Å²) in [6.07, 6.45) is 1.52. The Morgan fingerprint density at radius 2 is 1.73 bits per heavy atom. The van der Waals surface area contributed by atoms with E-state index in [1.165, 1.54) is 10.6 Å². The lowest BCUT2D eigenvalue weighted by Gasteiger charge is -2.06. The van der Waals surface area contributed by atoms with Crippen LogP contribution in [-0.4, -0.2) is 49.6 Å². The summed E-state index contributed by atoms with van der Waals surface area (Å²) in [5.41, 5.74) is 2.64. The highest BCUT2D eigenvalue weighted by Gasteiger charge is 2.16. The van der Waals surface area contributed by atoms with Crippen LogP contribution < -0.4 is 15.2 Å². The van der Waals surface area contributed by atoms with E-state index in [4.69, 9.17) is 9.47 Å². The Labute approximate surface area is 192 Å². The van der Waals surface area contributed by atoms with E-state index >= 15 is 0 Å². The highest BCUT2D eigenvalue weighted by atomic mass is 32.2. The van der Waals surface area contributed by atoms with E-state index in [1.54, 1.807) is 69.3 Å². The van der Waals surface area contributed by atoms with E-state index in [-0.39, 0.29) is 15.8 Å². The van der Waals surface area contributed by atoms with Gasteiger partial charge in [-0.3, -0.25) is 14.2 Å². The zero-order valence-corrected chi connectivity index (χ0v) is 19.1. The highest BCUT2D eigenvalue weighted by Crippen LogP contribution is 2.31. The molecule has 33 heavy (non-hydrogen) atoms. The number of aromatic nitrogens is 5. The van der Waals surface area contributed by atoms with Crippen LogP contribution in [0.5, 0.6) is 11.5 Å². The van der Waals surface area contributed by atoms with Gasteiger partial charge in [0, 0.05) is 25.7 Å². The van der Waals surface area contributed by atoms with E-state index in [0.717, 1.165) is 17.3 Å². The van der Waals surface area contributed by atoms with Gasteiger partial charge in [-0.1, -0.05) is 6.07 Å². The predicted octanol–water partition coefficient (Wildman–Crippen LogP) is 2.90. The van der Waals surface area contributed by atoms with Gasteiger partial charge in [0.25, 0.3) is 0 Å². The van der Waals surface area contributed by atoms with Crippen molar-refractivity contribution in [2.45, 2.75) is 5.16 Å². The molecule has 0 aliphatic rings. The van der Waals surface area contributed by atoms with E-state index in [2.05, 4.69) is 15.2 Å². The minimum atomic E-state index is -1.11. The number of hydrogen-bond acceptors (Lipinski definition) is 7. The van der Waals surface area contributed by atoms with Crippen molar-refractivity contribution in [3.05, 3.63) is 57.4 Å². The molecule has 0 bridgehead atoms. The molecule has 2 N–H and O–H groups in total. The van der Waals surface area contributed by atoms with Gasteiger partial charge in [0.2, 0.25) is 5.16 Å². The Hall–Kier alpha value is -3.99. The topological polar surface area (TPSA) is 124 Å². The summed E-state index contributed by atoms with van der Waals surface area (Å²) in [5, 5.41) is 16.9. The Kier molecular flexibility index (Phi) is 5.97. The number of imidazole rings is 1. The predicted molar refractivity (Wildman–Crippen MR) is 125 cm³/mol. The SMILES string of the molecule is COc1cc(OC)cc(-c2nc(S/C(=C\c3ccc4c(c3)n(C)c(=O)n4C)C(=O)O)n[nH]2)c1. The minimum absolute atomic E-state index is 0.0315. The molecule has 0 fully saturated rings. The van der Waals surface area contributed by atoms with Gasteiger partial charge in [0.15, 0.2) is 5.82 Å².